The largest absolute Gasteiger partial charge is 0.473 e. The summed E-state index contributed by atoms with van der Waals surface area (Å²) >= 11 is 0. The van der Waals surface area contributed by atoms with E-state index in [0.717, 1.165) is 22.4 Å². The first-order valence-corrected chi connectivity index (χ1v) is 13.2. The molecule has 1 aromatic carbocycles. The van der Waals surface area contributed by atoms with E-state index in [1.165, 1.54) is 50.3 Å². The van der Waals surface area contributed by atoms with Crippen LogP contribution in [0.3, 0.4) is 0 Å². The summed E-state index contributed by atoms with van der Waals surface area (Å²) in [6.07, 6.45) is 16.8. The lowest BCUT2D eigenvalue weighted by Gasteiger charge is -2.19. The van der Waals surface area contributed by atoms with Crippen LogP contribution in [0.15, 0.2) is 65.4 Å². The number of aliphatic hydroxyl groups is 1. The van der Waals surface area contributed by atoms with E-state index in [-0.39, 0.29) is 24.7 Å². The third-order valence-corrected chi connectivity index (χ3v) is 6.51. The van der Waals surface area contributed by atoms with Crippen molar-refractivity contribution >= 4 is 11.5 Å². The Labute approximate surface area is 242 Å². The Morgan fingerprint density at radius 2 is 1.86 bits per heavy atom. The molecule has 1 aromatic heterocycles. The Hall–Kier alpha value is -4.21. The van der Waals surface area contributed by atoms with Crippen LogP contribution in [-0.4, -0.2) is 40.6 Å². The summed E-state index contributed by atoms with van der Waals surface area (Å²) < 4.78 is 50.7. The number of carbonyl (C=O) groups excluding carboxylic acids is 1. The van der Waals surface area contributed by atoms with Crippen LogP contribution in [0.2, 0.25) is 0 Å². The van der Waals surface area contributed by atoms with Gasteiger partial charge in [0.15, 0.2) is 0 Å². The second-order valence-electron chi connectivity index (χ2n) is 9.37. The predicted molar refractivity (Wildman–Crippen MR) is 153 cm³/mol. The number of methoxy groups -OCH3 is 1. The topological polar surface area (TPSA) is 129 Å². The lowest BCUT2D eigenvalue weighted by atomic mass is 9.96. The van der Waals surface area contributed by atoms with Crippen molar-refractivity contribution in [2.45, 2.75) is 63.6 Å². The molecule has 226 valence electrons. The van der Waals surface area contributed by atoms with Crippen molar-refractivity contribution in [3.05, 3.63) is 81.9 Å². The van der Waals surface area contributed by atoms with E-state index in [9.17, 15) is 28.0 Å². The predicted octanol–water partition coefficient (Wildman–Crippen LogP) is 5.71. The molecule has 1 saturated carbocycles. The van der Waals surface area contributed by atoms with E-state index < -0.39 is 23.9 Å². The number of terminal acetylenes is 1. The van der Waals surface area contributed by atoms with Crippen molar-refractivity contribution in [1.82, 2.24) is 9.78 Å². The van der Waals surface area contributed by atoms with Gasteiger partial charge in [0, 0.05) is 13.2 Å². The quantitative estimate of drug-likeness (QED) is 0.285. The Kier molecular flexibility index (Phi) is 13.7. The fourth-order valence-electron chi connectivity index (χ4n) is 4.40. The molecule has 2 aliphatic rings. The maximum absolute atomic E-state index is 12.9. The molecular formula is C30H35F3N4O5. The van der Waals surface area contributed by atoms with Gasteiger partial charge in [0.2, 0.25) is 18.0 Å². The van der Waals surface area contributed by atoms with E-state index in [1.54, 1.807) is 18.2 Å². The Morgan fingerprint density at radius 1 is 1.19 bits per heavy atom. The highest BCUT2D eigenvalue weighted by Gasteiger charge is 2.30. The monoisotopic (exact) mass is 588 g/mol. The molecule has 42 heavy (non-hydrogen) atoms. The van der Waals surface area contributed by atoms with E-state index in [1.807, 2.05) is 13.2 Å². The molecule has 4 rings (SSSR count). The molecule has 1 fully saturated rings. The molecule has 0 spiro atoms. The van der Waals surface area contributed by atoms with Crippen molar-refractivity contribution in [1.29, 1.82) is 0 Å². The number of aromatic nitrogens is 2. The summed E-state index contributed by atoms with van der Waals surface area (Å²) in [5.41, 5.74) is 6.36. The minimum Gasteiger partial charge on any atom is -0.473 e. The summed E-state index contributed by atoms with van der Waals surface area (Å²) in [6, 6.07) is 6.08. The number of carbonyl (C=O) groups is 1. The van der Waals surface area contributed by atoms with Crippen molar-refractivity contribution in [2.75, 3.05) is 13.7 Å². The van der Waals surface area contributed by atoms with Gasteiger partial charge in [-0.15, -0.1) is 17.8 Å². The first-order chi connectivity index (χ1) is 20.1. The summed E-state index contributed by atoms with van der Waals surface area (Å²) in [4.78, 5) is 21.9. The van der Waals surface area contributed by atoms with Crippen LogP contribution in [-0.2, 0) is 22.3 Å². The summed E-state index contributed by atoms with van der Waals surface area (Å²) in [5, 5.41) is 16.0. The first kappa shape index (κ1) is 34.0. The van der Waals surface area contributed by atoms with E-state index >= 15 is 0 Å². The number of halogens is 3. The van der Waals surface area contributed by atoms with Crippen molar-refractivity contribution in [3.63, 3.8) is 0 Å². The average molecular weight is 589 g/mol. The standard InChI is InChI=1S/C21H19F3N4O4.C7H14O.C2H2/c22-21(23,24)15-8-6-13(7-9-15)16-5-3-1-2-4-14(16)12-32-19-10-17(20(30)27-31)26-28(19)11-18(25)29;1-8-7-5-3-2-4-6-7;1-2/h1-4,6-10,20,30H,5,11-12H2,(H2,25,29);7H,2-6H2,1H3;1-2H. The minimum atomic E-state index is -4.43. The molecule has 0 saturated heterocycles. The van der Waals surface area contributed by atoms with Crippen LogP contribution in [0.1, 0.15) is 61.6 Å². The summed E-state index contributed by atoms with van der Waals surface area (Å²) in [5.74, 6) is -0.660. The van der Waals surface area contributed by atoms with E-state index in [4.69, 9.17) is 15.2 Å². The van der Waals surface area contributed by atoms with Gasteiger partial charge in [-0.1, -0.05) is 55.7 Å². The smallest absolute Gasteiger partial charge is 0.416 e. The first-order valence-electron chi connectivity index (χ1n) is 13.2. The van der Waals surface area contributed by atoms with Gasteiger partial charge in [-0.25, -0.2) is 4.68 Å². The van der Waals surface area contributed by atoms with Gasteiger partial charge in [-0.2, -0.15) is 18.3 Å². The van der Waals surface area contributed by atoms with Crippen molar-refractivity contribution in [2.24, 2.45) is 10.9 Å². The molecule has 1 amide bonds. The molecule has 2 aliphatic carbocycles. The Balaban J connectivity index is 0.000000525. The average Bonchev–Trinajstić information content (AvgIpc) is 3.23. The summed E-state index contributed by atoms with van der Waals surface area (Å²) in [7, 11) is 1.82. The number of nitroso groups, excluding NO2 is 1. The number of nitrogens with zero attached hydrogens (tertiary/aromatic N) is 3. The SMILES string of the molecule is C#C.COC1CCCCC1.NC(=O)Cn1nc(C(O)N=O)cc1OCC1=C(c2ccc(C(F)(F)F)cc2)CC=CC=C1. The van der Waals surface area contributed by atoms with E-state index in [2.05, 4.69) is 23.1 Å². The lowest BCUT2D eigenvalue weighted by molar-refractivity contribution is -0.137. The van der Waals surface area contributed by atoms with Crippen LogP contribution >= 0.6 is 0 Å². The lowest BCUT2D eigenvalue weighted by Crippen LogP contribution is -2.20. The molecule has 0 aliphatic heterocycles. The number of aliphatic hydroxyl groups excluding tert-OH is 1. The second-order valence-corrected chi connectivity index (χ2v) is 9.37. The Bertz CT molecular complexity index is 1270. The van der Waals surface area contributed by atoms with Gasteiger partial charge >= 0.3 is 6.18 Å². The van der Waals surface area contributed by atoms with Gasteiger partial charge in [0.05, 0.1) is 11.7 Å². The fraction of sp³-hybridized carbons (Fsp3) is 0.400. The molecule has 12 heteroatoms. The number of amides is 1. The van der Waals surface area contributed by atoms with Gasteiger partial charge in [0.25, 0.3) is 0 Å². The molecule has 0 bridgehead atoms. The van der Waals surface area contributed by atoms with Crippen LogP contribution < -0.4 is 10.5 Å². The zero-order valence-electron chi connectivity index (χ0n) is 23.3. The van der Waals surface area contributed by atoms with Gasteiger partial charge in [0.1, 0.15) is 18.8 Å². The van der Waals surface area contributed by atoms with Gasteiger partial charge in [-0.05, 0) is 53.3 Å². The van der Waals surface area contributed by atoms with Crippen LogP contribution in [0.25, 0.3) is 5.57 Å². The molecule has 1 atom stereocenters. The zero-order chi connectivity index (χ0) is 31.1. The number of primary amides is 1. The number of benzene rings is 1. The molecular weight excluding hydrogens is 553 g/mol. The molecule has 9 nitrogen and oxygen atoms in total. The normalized spacial score (nSPS) is 15.9. The summed E-state index contributed by atoms with van der Waals surface area (Å²) in [6.45, 7) is -0.383. The molecule has 0 radical (unpaired) electrons. The number of rotatable bonds is 9. The maximum Gasteiger partial charge on any atom is 0.416 e. The highest BCUT2D eigenvalue weighted by Crippen LogP contribution is 2.32. The second kappa shape index (κ2) is 16.9. The van der Waals surface area contributed by atoms with Crippen molar-refractivity contribution in [3.8, 4) is 18.7 Å². The van der Waals surface area contributed by atoms with Gasteiger partial charge in [-0.3, -0.25) is 4.79 Å². The highest BCUT2D eigenvalue weighted by molar-refractivity contribution is 5.74. The Morgan fingerprint density at radius 3 is 2.40 bits per heavy atom. The number of ether oxygens (including phenoxy) is 2. The minimum absolute atomic E-state index is 0.0248. The van der Waals surface area contributed by atoms with E-state index in [0.29, 0.717) is 23.7 Å². The molecule has 1 heterocycles. The van der Waals surface area contributed by atoms with Gasteiger partial charge < -0.3 is 20.3 Å². The molecule has 1 unspecified atom stereocenters. The third kappa shape index (κ3) is 10.3. The number of alkyl halides is 3. The van der Waals surface area contributed by atoms with Crippen molar-refractivity contribution < 1.29 is 32.5 Å². The third-order valence-electron chi connectivity index (χ3n) is 6.51. The molecule has 3 N–H and O–H groups in total. The van der Waals surface area contributed by atoms with Crippen LogP contribution in [0.4, 0.5) is 13.2 Å². The fourth-order valence-corrected chi connectivity index (χ4v) is 4.40. The molecule has 2 aromatic rings. The van der Waals surface area contributed by atoms with Crippen LogP contribution in [0, 0.1) is 17.8 Å². The maximum atomic E-state index is 12.9. The highest BCUT2D eigenvalue weighted by atomic mass is 19.4. The zero-order valence-corrected chi connectivity index (χ0v) is 23.3. The number of allylic oxidation sites excluding steroid dienone is 4. The van der Waals surface area contributed by atoms with Crippen LogP contribution in [0.5, 0.6) is 5.88 Å². The number of hydrogen-bond donors (Lipinski definition) is 2. The number of hydrogen-bond acceptors (Lipinski definition) is 7. The number of nitrogens with two attached hydrogens (primary N) is 1.